The molecule has 0 radical (unpaired) electrons. The van der Waals surface area contributed by atoms with Crippen molar-refractivity contribution in [1.82, 2.24) is 4.90 Å². The van der Waals surface area contributed by atoms with Crippen LogP contribution in [-0.2, 0) is 0 Å². The minimum Gasteiger partial charge on any atom is -0.491 e. The molecule has 1 aliphatic rings. The molecule has 0 aliphatic carbocycles. The van der Waals surface area contributed by atoms with Crippen molar-refractivity contribution in [1.29, 1.82) is 0 Å². The van der Waals surface area contributed by atoms with Crippen LogP contribution in [0.15, 0.2) is 24.3 Å². The molecule has 1 amide bonds. The van der Waals surface area contributed by atoms with Gasteiger partial charge in [-0.1, -0.05) is 6.92 Å². The van der Waals surface area contributed by atoms with Gasteiger partial charge in [-0.05, 0) is 50.5 Å². The highest BCUT2D eigenvalue weighted by atomic mass is 16.5. The van der Waals surface area contributed by atoms with Crippen LogP contribution in [-0.4, -0.2) is 36.0 Å². The minimum atomic E-state index is 0.0769. The van der Waals surface area contributed by atoms with Gasteiger partial charge in [-0.2, -0.15) is 0 Å². The van der Waals surface area contributed by atoms with Crippen LogP contribution >= 0.6 is 0 Å². The van der Waals surface area contributed by atoms with Gasteiger partial charge in [0.05, 0.1) is 6.10 Å². The van der Waals surface area contributed by atoms with Crippen LogP contribution < -0.4 is 10.5 Å². The van der Waals surface area contributed by atoms with Gasteiger partial charge < -0.3 is 15.4 Å². The van der Waals surface area contributed by atoms with Crippen molar-refractivity contribution in [2.45, 2.75) is 45.3 Å². The number of rotatable bonds is 5. The third-order valence-corrected chi connectivity index (χ3v) is 3.92. The average molecular weight is 276 g/mol. The fraction of sp³-hybridized carbons (Fsp3) is 0.562. The van der Waals surface area contributed by atoms with Gasteiger partial charge in [0.1, 0.15) is 5.75 Å². The molecule has 4 nitrogen and oxygen atoms in total. The van der Waals surface area contributed by atoms with Crippen LogP contribution in [0.5, 0.6) is 5.75 Å². The molecular formula is C16H24N2O2. The normalized spacial score (nSPS) is 19.9. The van der Waals surface area contributed by atoms with Gasteiger partial charge in [0, 0.05) is 24.7 Å². The second-order valence-electron chi connectivity index (χ2n) is 5.39. The summed E-state index contributed by atoms with van der Waals surface area (Å²) >= 11 is 0. The first-order chi connectivity index (χ1) is 9.65. The van der Waals surface area contributed by atoms with Gasteiger partial charge in [0.2, 0.25) is 0 Å². The maximum Gasteiger partial charge on any atom is 0.254 e. The second-order valence-corrected chi connectivity index (χ2v) is 5.39. The number of hydrogen-bond acceptors (Lipinski definition) is 3. The van der Waals surface area contributed by atoms with E-state index in [-0.39, 0.29) is 18.1 Å². The lowest BCUT2D eigenvalue weighted by atomic mass is 10.1. The molecule has 2 N–H and O–H groups in total. The summed E-state index contributed by atoms with van der Waals surface area (Å²) in [5.41, 5.74) is 6.43. The molecule has 1 aromatic rings. The van der Waals surface area contributed by atoms with E-state index in [0.29, 0.717) is 12.1 Å². The van der Waals surface area contributed by atoms with Gasteiger partial charge in [-0.3, -0.25) is 4.79 Å². The number of hydrogen-bond donors (Lipinski definition) is 1. The summed E-state index contributed by atoms with van der Waals surface area (Å²) in [5, 5.41) is 0. The molecule has 2 unspecified atom stereocenters. The van der Waals surface area contributed by atoms with Gasteiger partial charge in [-0.25, -0.2) is 0 Å². The number of nitrogens with zero attached hydrogens (tertiary/aromatic N) is 1. The maximum absolute atomic E-state index is 12.4. The zero-order valence-corrected chi connectivity index (χ0v) is 12.3. The lowest BCUT2D eigenvalue weighted by molar-refractivity contribution is 0.0741. The van der Waals surface area contributed by atoms with E-state index in [4.69, 9.17) is 10.5 Å². The van der Waals surface area contributed by atoms with E-state index in [0.717, 1.165) is 31.6 Å². The van der Waals surface area contributed by atoms with Crippen LogP contribution in [0.3, 0.4) is 0 Å². The highest BCUT2D eigenvalue weighted by Crippen LogP contribution is 2.21. The number of benzene rings is 1. The molecule has 4 heteroatoms. The van der Waals surface area contributed by atoms with E-state index in [9.17, 15) is 4.79 Å². The Balaban J connectivity index is 2.04. The number of likely N-dealkylation sites (tertiary alicyclic amines) is 1. The Bertz CT molecular complexity index is 444. The predicted octanol–water partition coefficient (Wildman–Crippen LogP) is 2.43. The van der Waals surface area contributed by atoms with Gasteiger partial charge in [0.25, 0.3) is 5.91 Å². The molecule has 0 aromatic heterocycles. The van der Waals surface area contributed by atoms with Crippen LogP contribution in [0.1, 0.15) is 43.5 Å². The van der Waals surface area contributed by atoms with Crippen LogP contribution in [0.25, 0.3) is 0 Å². The van der Waals surface area contributed by atoms with Crippen molar-refractivity contribution in [3.63, 3.8) is 0 Å². The Morgan fingerprint density at radius 1 is 1.45 bits per heavy atom. The fourth-order valence-corrected chi connectivity index (χ4v) is 2.51. The molecule has 1 aromatic carbocycles. The van der Waals surface area contributed by atoms with E-state index in [1.54, 1.807) is 0 Å². The topological polar surface area (TPSA) is 55.6 Å². The van der Waals surface area contributed by atoms with E-state index < -0.39 is 0 Å². The number of carbonyl (C=O) groups is 1. The molecule has 0 saturated carbocycles. The highest BCUT2D eigenvalue weighted by molar-refractivity contribution is 5.94. The second kappa shape index (κ2) is 6.75. The summed E-state index contributed by atoms with van der Waals surface area (Å²) in [6.07, 6.45) is 3.21. The van der Waals surface area contributed by atoms with E-state index >= 15 is 0 Å². The number of ether oxygens (including phenoxy) is 1. The Hall–Kier alpha value is -1.55. The summed E-state index contributed by atoms with van der Waals surface area (Å²) in [6.45, 7) is 5.48. The fourth-order valence-electron chi connectivity index (χ4n) is 2.51. The Morgan fingerprint density at radius 2 is 2.15 bits per heavy atom. The minimum absolute atomic E-state index is 0.0769. The number of carbonyl (C=O) groups excluding carboxylic acids is 1. The predicted molar refractivity (Wildman–Crippen MR) is 79.9 cm³/mol. The van der Waals surface area contributed by atoms with Gasteiger partial charge in [0.15, 0.2) is 0 Å². The van der Waals surface area contributed by atoms with Gasteiger partial charge in [-0.15, -0.1) is 0 Å². The Morgan fingerprint density at radius 3 is 2.75 bits per heavy atom. The zero-order chi connectivity index (χ0) is 14.5. The van der Waals surface area contributed by atoms with Crippen LogP contribution in [0.2, 0.25) is 0 Å². The Kier molecular flexibility index (Phi) is 5.01. The molecule has 20 heavy (non-hydrogen) atoms. The highest BCUT2D eigenvalue weighted by Gasteiger charge is 2.28. The van der Waals surface area contributed by atoms with Crippen molar-refractivity contribution in [2.75, 3.05) is 13.1 Å². The van der Waals surface area contributed by atoms with E-state index in [1.807, 2.05) is 36.1 Å². The molecule has 2 rings (SSSR count). The third kappa shape index (κ3) is 3.31. The van der Waals surface area contributed by atoms with E-state index in [1.165, 1.54) is 0 Å². The molecular weight excluding hydrogens is 252 g/mol. The van der Waals surface area contributed by atoms with Crippen LogP contribution in [0, 0.1) is 0 Å². The summed E-state index contributed by atoms with van der Waals surface area (Å²) < 4.78 is 5.72. The molecule has 1 heterocycles. The largest absolute Gasteiger partial charge is 0.491 e. The smallest absolute Gasteiger partial charge is 0.254 e. The van der Waals surface area contributed by atoms with Crippen molar-refractivity contribution in [3.05, 3.63) is 29.8 Å². The zero-order valence-electron chi connectivity index (χ0n) is 12.3. The van der Waals surface area contributed by atoms with Crippen molar-refractivity contribution < 1.29 is 9.53 Å². The quantitative estimate of drug-likeness (QED) is 0.898. The molecule has 1 saturated heterocycles. The Labute approximate surface area is 120 Å². The summed E-state index contributed by atoms with van der Waals surface area (Å²) in [5.74, 6) is 0.890. The lowest BCUT2D eigenvalue weighted by Gasteiger charge is -2.23. The SMILES string of the molecule is CCC(C)Oc1ccc(C(=O)N2CCCC2CN)cc1. The third-order valence-electron chi connectivity index (χ3n) is 3.92. The standard InChI is InChI=1S/C16H24N2O2/c1-3-12(2)20-15-8-6-13(7-9-15)16(19)18-10-4-5-14(18)11-17/h6-9,12,14H,3-5,10-11,17H2,1-2H3. The summed E-state index contributed by atoms with van der Waals surface area (Å²) in [4.78, 5) is 14.3. The lowest BCUT2D eigenvalue weighted by Crippen LogP contribution is -2.39. The van der Waals surface area contributed by atoms with Crippen LogP contribution in [0.4, 0.5) is 0 Å². The molecule has 1 aliphatic heterocycles. The first-order valence-corrected chi connectivity index (χ1v) is 7.43. The summed E-state index contributed by atoms with van der Waals surface area (Å²) in [6, 6.07) is 7.61. The first kappa shape index (κ1) is 14.9. The number of nitrogens with two attached hydrogens (primary N) is 1. The molecule has 2 atom stereocenters. The molecule has 1 fully saturated rings. The van der Waals surface area contributed by atoms with Gasteiger partial charge >= 0.3 is 0 Å². The molecule has 110 valence electrons. The van der Waals surface area contributed by atoms with Crippen molar-refractivity contribution >= 4 is 5.91 Å². The van der Waals surface area contributed by atoms with Crippen molar-refractivity contribution in [2.24, 2.45) is 5.73 Å². The molecule has 0 bridgehead atoms. The first-order valence-electron chi connectivity index (χ1n) is 7.43. The average Bonchev–Trinajstić information content (AvgIpc) is 2.95. The maximum atomic E-state index is 12.4. The monoisotopic (exact) mass is 276 g/mol. The van der Waals surface area contributed by atoms with Crippen molar-refractivity contribution in [3.8, 4) is 5.75 Å². The number of amides is 1. The summed E-state index contributed by atoms with van der Waals surface area (Å²) in [7, 11) is 0. The molecule has 0 spiro atoms. The van der Waals surface area contributed by atoms with E-state index in [2.05, 4.69) is 6.92 Å².